The van der Waals surface area contributed by atoms with Crippen LogP contribution in [0.15, 0.2) is 15.5 Å². The van der Waals surface area contributed by atoms with Gasteiger partial charge in [-0.1, -0.05) is 30.0 Å². The molecule has 0 saturated heterocycles. The maximum absolute atomic E-state index is 12.6. The van der Waals surface area contributed by atoms with Crippen molar-refractivity contribution in [2.24, 2.45) is 0 Å². The molecular weight excluding hydrogens is 366 g/mol. The van der Waals surface area contributed by atoms with Gasteiger partial charge in [-0.15, -0.1) is 21.5 Å². The molecule has 10 heteroatoms. The Morgan fingerprint density at radius 1 is 1.33 bits per heavy atom. The monoisotopic (exact) mass is 381 g/mol. The first-order chi connectivity index (χ1) is 11.5. The van der Waals surface area contributed by atoms with Crippen LogP contribution in [0.4, 0.5) is 5.13 Å². The van der Waals surface area contributed by atoms with Crippen LogP contribution >= 0.6 is 34.4 Å². The van der Waals surface area contributed by atoms with Gasteiger partial charge in [-0.3, -0.25) is 19.5 Å². The summed E-state index contributed by atoms with van der Waals surface area (Å²) in [5, 5.41) is 11.6. The zero-order valence-electron chi connectivity index (χ0n) is 13.3. The lowest BCUT2D eigenvalue weighted by Crippen LogP contribution is -2.27. The van der Waals surface area contributed by atoms with Gasteiger partial charge in [-0.05, 0) is 25.2 Å². The highest BCUT2D eigenvalue weighted by molar-refractivity contribution is 8.01. The minimum absolute atomic E-state index is 0.105. The highest BCUT2D eigenvalue weighted by Crippen LogP contribution is 2.26. The van der Waals surface area contributed by atoms with E-state index in [1.54, 1.807) is 11.8 Å². The van der Waals surface area contributed by atoms with Crippen LogP contribution in [0.3, 0.4) is 0 Å². The zero-order valence-corrected chi connectivity index (χ0v) is 15.8. The van der Waals surface area contributed by atoms with Crippen molar-refractivity contribution in [1.29, 1.82) is 0 Å². The Balaban J connectivity index is 1.79. The SMILES string of the molecule is CCSc1nnc(NC(=O)Cn2cnc3sc(C)c(C)c3c2=O)s1. The fraction of sp³-hybridized carbons (Fsp3) is 0.357. The van der Waals surface area contributed by atoms with Gasteiger partial charge < -0.3 is 0 Å². The Hall–Kier alpha value is -1.78. The van der Waals surface area contributed by atoms with Crippen molar-refractivity contribution < 1.29 is 4.79 Å². The van der Waals surface area contributed by atoms with E-state index >= 15 is 0 Å². The topological polar surface area (TPSA) is 89.8 Å². The van der Waals surface area contributed by atoms with Crippen molar-refractivity contribution >= 4 is 55.7 Å². The molecule has 0 bridgehead atoms. The van der Waals surface area contributed by atoms with Crippen molar-refractivity contribution in [3.63, 3.8) is 0 Å². The third-order valence-corrected chi connectivity index (χ3v) is 6.36. The Labute approximate surface area is 150 Å². The number of nitrogens with one attached hydrogen (secondary N) is 1. The van der Waals surface area contributed by atoms with Crippen molar-refractivity contribution in [2.75, 3.05) is 11.1 Å². The third kappa shape index (κ3) is 3.35. The van der Waals surface area contributed by atoms with E-state index in [-0.39, 0.29) is 18.0 Å². The van der Waals surface area contributed by atoms with Gasteiger partial charge in [0.2, 0.25) is 11.0 Å². The maximum atomic E-state index is 12.6. The second kappa shape index (κ2) is 6.99. The Morgan fingerprint density at radius 2 is 2.12 bits per heavy atom. The molecule has 24 heavy (non-hydrogen) atoms. The van der Waals surface area contributed by atoms with Gasteiger partial charge in [0.15, 0.2) is 4.34 Å². The molecule has 0 aliphatic heterocycles. The lowest BCUT2D eigenvalue weighted by atomic mass is 10.2. The van der Waals surface area contributed by atoms with Gasteiger partial charge >= 0.3 is 0 Å². The fourth-order valence-electron chi connectivity index (χ4n) is 2.14. The third-order valence-electron chi connectivity index (χ3n) is 3.39. The molecule has 0 atom stereocenters. The number of thioether (sulfide) groups is 1. The van der Waals surface area contributed by atoms with Gasteiger partial charge in [-0.2, -0.15) is 0 Å². The van der Waals surface area contributed by atoms with E-state index in [2.05, 4.69) is 20.5 Å². The normalized spacial score (nSPS) is 11.1. The summed E-state index contributed by atoms with van der Waals surface area (Å²) in [6.07, 6.45) is 1.41. The average molecular weight is 382 g/mol. The smallest absolute Gasteiger partial charge is 0.262 e. The number of anilines is 1. The van der Waals surface area contributed by atoms with E-state index in [0.29, 0.717) is 15.3 Å². The molecule has 0 aliphatic rings. The summed E-state index contributed by atoms with van der Waals surface area (Å²) in [5.41, 5.74) is 0.726. The molecule has 126 valence electrons. The largest absolute Gasteiger partial charge is 0.299 e. The number of carbonyl (C=O) groups excluding carboxylic acids is 1. The second-order valence-corrected chi connectivity index (χ2v) is 8.69. The number of hydrogen-bond acceptors (Lipinski definition) is 8. The molecule has 1 N–H and O–H groups in total. The summed E-state index contributed by atoms with van der Waals surface area (Å²) >= 11 is 4.37. The van der Waals surface area contributed by atoms with Crippen molar-refractivity contribution in [2.45, 2.75) is 31.7 Å². The molecule has 7 nitrogen and oxygen atoms in total. The molecule has 0 aromatic carbocycles. The quantitative estimate of drug-likeness (QED) is 0.540. The molecule has 0 radical (unpaired) electrons. The number of fused-ring (bicyclic) bond motifs is 1. The summed E-state index contributed by atoms with van der Waals surface area (Å²) < 4.78 is 2.12. The van der Waals surface area contributed by atoms with E-state index < -0.39 is 0 Å². The van der Waals surface area contributed by atoms with E-state index in [1.165, 1.54) is 33.6 Å². The minimum Gasteiger partial charge on any atom is -0.299 e. The number of hydrogen-bond donors (Lipinski definition) is 1. The van der Waals surface area contributed by atoms with E-state index in [0.717, 1.165) is 20.5 Å². The van der Waals surface area contributed by atoms with Crippen molar-refractivity contribution in [3.8, 4) is 0 Å². The first-order valence-corrected chi connectivity index (χ1v) is 9.82. The van der Waals surface area contributed by atoms with Crippen LogP contribution in [0.25, 0.3) is 10.2 Å². The first-order valence-electron chi connectivity index (χ1n) is 7.21. The summed E-state index contributed by atoms with van der Waals surface area (Å²) in [6.45, 7) is 5.77. The highest BCUT2D eigenvalue weighted by atomic mass is 32.2. The standard InChI is InChI=1S/C14H15N5O2S3/c1-4-22-14-18-17-13(24-14)16-9(20)5-19-6-15-11-10(12(19)21)7(2)8(3)23-11/h6H,4-5H2,1-3H3,(H,16,17,20). The number of nitrogens with zero attached hydrogens (tertiary/aromatic N) is 4. The molecule has 3 aromatic heterocycles. The Bertz CT molecular complexity index is 959. The van der Waals surface area contributed by atoms with Crippen LogP contribution in [0, 0.1) is 13.8 Å². The summed E-state index contributed by atoms with van der Waals surface area (Å²) in [6, 6.07) is 0. The Kier molecular flexibility index (Phi) is 4.97. The lowest BCUT2D eigenvalue weighted by Gasteiger charge is -2.05. The molecule has 0 spiro atoms. The van der Waals surface area contributed by atoms with Crippen LogP contribution in [0.5, 0.6) is 0 Å². The average Bonchev–Trinajstić information content (AvgIpc) is 3.08. The summed E-state index contributed by atoms with van der Waals surface area (Å²) in [5.74, 6) is 0.565. The van der Waals surface area contributed by atoms with E-state index in [1.807, 2.05) is 20.8 Å². The molecular formula is C14H15N5O2S3. The molecule has 3 heterocycles. The number of aryl methyl sites for hydroxylation is 2. The zero-order chi connectivity index (χ0) is 17.3. The van der Waals surface area contributed by atoms with Crippen LogP contribution in [0.1, 0.15) is 17.4 Å². The van der Waals surface area contributed by atoms with E-state index in [9.17, 15) is 9.59 Å². The Morgan fingerprint density at radius 3 is 2.88 bits per heavy atom. The predicted molar refractivity (Wildman–Crippen MR) is 98.3 cm³/mol. The molecule has 0 unspecified atom stereocenters. The number of aromatic nitrogens is 4. The summed E-state index contributed by atoms with van der Waals surface area (Å²) in [7, 11) is 0. The number of thiophene rings is 1. The molecule has 0 aliphatic carbocycles. The van der Waals surface area contributed by atoms with Gasteiger partial charge in [0.05, 0.1) is 11.7 Å². The molecule has 0 saturated carbocycles. The molecule has 1 amide bonds. The van der Waals surface area contributed by atoms with Crippen LogP contribution < -0.4 is 10.9 Å². The van der Waals surface area contributed by atoms with Crippen LogP contribution in [-0.2, 0) is 11.3 Å². The second-order valence-electron chi connectivity index (χ2n) is 5.00. The molecule has 3 aromatic rings. The number of amides is 1. The first kappa shape index (κ1) is 17.1. The van der Waals surface area contributed by atoms with Gasteiger partial charge in [0.1, 0.15) is 11.4 Å². The molecule has 3 rings (SSSR count). The summed E-state index contributed by atoms with van der Waals surface area (Å²) in [4.78, 5) is 30.8. The van der Waals surface area contributed by atoms with Crippen LogP contribution in [-0.4, -0.2) is 31.4 Å². The number of rotatable bonds is 5. The van der Waals surface area contributed by atoms with Crippen molar-refractivity contribution in [3.05, 3.63) is 27.1 Å². The predicted octanol–water partition coefficient (Wildman–Crippen LogP) is 2.68. The molecule has 0 fully saturated rings. The van der Waals surface area contributed by atoms with Crippen molar-refractivity contribution in [1.82, 2.24) is 19.7 Å². The highest BCUT2D eigenvalue weighted by Gasteiger charge is 2.14. The minimum atomic E-state index is -0.327. The van der Waals surface area contributed by atoms with E-state index in [4.69, 9.17) is 0 Å². The number of carbonyl (C=O) groups is 1. The fourth-order valence-corrected chi connectivity index (χ4v) is 4.79. The van der Waals surface area contributed by atoms with Gasteiger partial charge in [0, 0.05) is 4.88 Å². The van der Waals surface area contributed by atoms with Gasteiger partial charge in [0.25, 0.3) is 5.56 Å². The van der Waals surface area contributed by atoms with Gasteiger partial charge in [-0.25, -0.2) is 4.98 Å². The lowest BCUT2D eigenvalue weighted by molar-refractivity contribution is -0.116. The maximum Gasteiger partial charge on any atom is 0.262 e. The van der Waals surface area contributed by atoms with Crippen LogP contribution in [0.2, 0.25) is 0 Å².